The molecule has 1 aromatic heterocycles. The Morgan fingerprint density at radius 2 is 2.05 bits per heavy atom. The maximum atomic E-state index is 12.0. The first-order valence-electron chi connectivity index (χ1n) is 7.68. The molecule has 0 atom stereocenters. The molecule has 1 aliphatic heterocycles. The number of hydrogen-bond acceptors (Lipinski definition) is 4. The normalized spacial score (nSPS) is 15.9. The molecule has 0 saturated carbocycles. The summed E-state index contributed by atoms with van der Waals surface area (Å²) in [4.78, 5) is 14.4. The van der Waals surface area contributed by atoms with Crippen molar-refractivity contribution in [1.82, 2.24) is 14.7 Å². The zero-order valence-corrected chi connectivity index (χ0v) is 12.6. The number of aryl methyl sites for hydroxylation is 1. The first-order valence-corrected chi connectivity index (χ1v) is 7.68. The van der Waals surface area contributed by atoms with Gasteiger partial charge < -0.3 is 10.2 Å². The highest BCUT2D eigenvalue weighted by Gasteiger charge is 2.10. The summed E-state index contributed by atoms with van der Waals surface area (Å²) in [6, 6.07) is 1.64. The number of anilines is 1. The van der Waals surface area contributed by atoms with E-state index in [1.165, 1.54) is 25.9 Å². The molecule has 1 saturated heterocycles. The van der Waals surface area contributed by atoms with Crippen molar-refractivity contribution in [2.24, 2.45) is 5.92 Å². The fourth-order valence-electron chi connectivity index (χ4n) is 2.47. The van der Waals surface area contributed by atoms with Crippen LogP contribution in [0.4, 0.5) is 5.69 Å². The van der Waals surface area contributed by atoms with E-state index in [9.17, 15) is 4.79 Å². The summed E-state index contributed by atoms with van der Waals surface area (Å²) >= 11 is 0. The summed E-state index contributed by atoms with van der Waals surface area (Å²) in [5, 5.41) is 7.47. The number of likely N-dealkylation sites (tertiary alicyclic amines) is 1. The summed E-state index contributed by atoms with van der Waals surface area (Å²) in [7, 11) is 0. The van der Waals surface area contributed by atoms with Gasteiger partial charge in [-0.3, -0.25) is 4.79 Å². The Hall–Kier alpha value is -1.36. The molecule has 1 aromatic rings. The van der Waals surface area contributed by atoms with Gasteiger partial charge in [0.2, 0.25) is 0 Å². The first kappa shape index (κ1) is 15.0. The lowest BCUT2D eigenvalue weighted by Gasteiger charge is -2.14. The Labute approximate surface area is 121 Å². The molecule has 0 unspecified atom stereocenters. The van der Waals surface area contributed by atoms with Crippen molar-refractivity contribution in [1.29, 1.82) is 0 Å². The number of nitrogens with one attached hydrogen (secondary N) is 1. The van der Waals surface area contributed by atoms with Crippen LogP contribution in [0, 0.1) is 5.92 Å². The Bertz CT molecular complexity index is 463. The van der Waals surface area contributed by atoms with Crippen LogP contribution in [-0.4, -0.2) is 40.9 Å². The summed E-state index contributed by atoms with van der Waals surface area (Å²) in [5.41, 5.74) is 0.805. The van der Waals surface area contributed by atoms with Crippen LogP contribution in [0.5, 0.6) is 0 Å². The molecular formula is C15H26N4O. The van der Waals surface area contributed by atoms with Crippen molar-refractivity contribution in [3.8, 4) is 0 Å². The van der Waals surface area contributed by atoms with Crippen molar-refractivity contribution in [3.63, 3.8) is 0 Å². The lowest BCUT2D eigenvalue weighted by atomic mass is 10.2. The van der Waals surface area contributed by atoms with Crippen LogP contribution in [0.2, 0.25) is 0 Å². The van der Waals surface area contributed by atoms with Gasteiger partial charge in [0, 0.05) is 19.2 Å². The Balaban J connectivity index is 1.81. The van der Waals surface area contributed by atoms with Gasteiger partial charge in [0.15, 0.2) is 0 Å². The first-order chi connectivity index (χ1) is 9.65. The molecule has 1 N–H and O–H groups in total. The molecule has 0 bridgehead atoms. The van der Waals surface area contributed by atoms with E-state index in [1.807, 2.05) is 0 Å². The van der Waals surface area contributed by atoms with Gasteiger partial charge in [-0.15, -0.1) is 0 Å². The van der Waals surface area contributed by atoms with Gasteiger partial charge in [-0.2, -0.15) is 5.10 Å². The van der Waals surface area contributed by atoms with Crippen LogP contribution in [-0.2, 0) is 6.54 Å². The van der Waals surface area contributed by atoms with E-state index in [1.54, 1.807) is 16.9 Å². The monoisotopic (exact) mass is 278 g/mol. The Morgan fingerprint density at radius 1 is 1.30 bits per heavy atom. The van der Waals surface area contributed by atoms with Crippen molar-refractivity contribution >= 4 is 5.69 Å². The van der Waals surface area contributed by atoms with Gasteiger partial charge >= 0.3 is 0 Å². The highest BCUT2D eigenvalue weighted by atomic mass is 16.1. The van der Waals surface area contributed by atoms with Gasteiger partial charge in [0.05, 0.1) is 11.9 Å². The SMILES string of the molecule is CC(C)CNc1cnn(CCCN2CCCC2)c(=O)c1. The van der Waals surface area contributed by atoms with E-state index in [-0.39, 0.29) is 5.56 Å². The molecule has 5 nitrogen and oxygen atoms in total. The number of hydrogen-bond donors (Lipinski definition) is 1. The van der Waals surface area contributed by atoms with Crippen molar-refractivity contribution in [2.45, 2.75) is 39.7 Å². The van der Waals surface area contributed by atoms with Crippen molar-refractivity contribution < 1.29 is 0 Å². The van der Waals surface area contributed by atoms with Crippen molar-refractivity contribution in [3.05, 3.63) is 22.6 Å². The average Bonchev–Trinajstić information content (AvgIpc) is 2.92. The molecule has 0 radical (unpaired) electrons. The van der Waals surface area contributed by atoms with Crippen LogP contribution >= 0.6 is 0 Å². The van der Waals surface area contributed by atoms with Gasteiger partial charge in [0.1, 0.15) is 0 Å². The van der Waals surface area contributed by atoms with E-state index >= 15 is 0 Å². The van der Waals surface area contributed by atoms with Crippen LogP contribution in [0.1, 0.15) is 33.1 Å². The molecule has 5 heteroatoms. The lowest BCUT2D eigenvalue weighted by molar-refractivity contribution is 0.320. The Kier molecular flexibility index (Phi) is 5.59. The minimum atomic E-state index is -0.0137. The molecule has 1 fully saturated rings. The average molecular weight is 278 g/mol. The van der Waals surface area contributed by atoms with Gasteiger partial charge in [-0.05, 0) is 44.8 Å². The molecule has 0 amide bonds. The molecule has 20 heavy (non-hydrogen) atoms. The molecule has 2 heterocycles. The quantitative estimate of drug-likeness (QED) is 0.826. The third-order valence-corrected chi connectivity index (χ3v) is 3.63. The number of nitrogens with zero attached hydrogens (tertiary/aromatic N) is 3. The largest absolute Gasteiger partial charge is 0.383 e. The standard InChI is InChI=1S/C15H26N4O/c1-13(2)11-16-14-10-15(20)19(17-12-14)9-5-8-18-6-3-4-7-18/h10,12-13,16H,3-9,11H2,1-2H3. The van der Waals surface area contributed by atoms with Gasteiger partial charge in [-0.25, -0.2) is 4.68 Å². The van der Waals surface area contributed by atoms with E-state index in [2.05, 4.69) is 29.2 Å². The topological polar surface area (TPSA) is 50.2 Å². The van der Waals surface area contributed by atoms with Crippen LogP contribution in [0.15, 0.2) is 17.1 Å². The predicted octanol–water partition coefficient (Wildman–Crippen LogP) is 1.80. The van der Waals surface area contributed by atoms with Crippen LogP contribution in [0.3, 0.4) is 0 Å². The lowest BCUT2D eigenvalue weighted by Crippen LogP contribution is -2.26. The molecule has 1 aliphatic rings. The molecule has 2 rings (SSSR count). The fourth-order valence-corrected chi connectivity index (χ4v) is 2.47. The van der Waals surface area contributed by atoms with Crippen molar-refractivity contribution in [2.75, 3.05) is 31.5 Å². The summed E-state index contributed by atoms with van der Waals surface area (Å²) < 4.78 is 1.57. The second-order valence-corrected chi connectivity index (χ2v) is 5.98. The highest BCUT2D eigenvalue weighted by Crippen LogP contribution is 2.07. The minimum Gasteiger partial charge on any atom is -0.383 e. The van der Waals surface area contributed by atoms with Crippen LogP contribution < -0.4 is 10.9 Å². The maximum absolute atomic E-state index is 12.0. The zero-order valence-electron chi connectivity index (χ0n) is 12.6. The number of aromatic nitrogens is 2. The molecule has 0 aromatic carbocycles. The summed E-state index contributed by atoms with van der Waals surface area (Å²) in [6.45, 7) is 9.34. The third-order valence-electron chi connectivity index (χ3n) is 3.63. The predicted molar refractivity (Wildman–Crippen MR) is 82.1 cm³/mol. The van der Waals surface area contributed by atoms with Gasteiger partial charge in [0.25, 0.3) is 5.56 Å². The van der Waals surface area contributed by atoms with Gasteiger partial charge in [-0.1, -0.05) is 13.8 Å². The molecule has 0 spiro atoms. The Morgan fingerprint density at radius 3 is 2.70 bits per heavy atom. The zero-order chi connectivity index (χ0) is 14.4. The fraction of sp³-hybridized carbons (Fsp3) is 0.733. The third kappa shape index (κ3) is 4.63. The summed E-state index contributed by atoms with van der Waals surface area (Å²) in [5.74, 6) is 0.554. The summed E-state index contributed by atoms with van der Waals surface area (Å²) in [6.07, 6.45) is 5.37. The molecule has 112 valence electrons. The molecular weight excluding hydrogens is 252 g/mol. The van der Waals surface area contributed by atoms with E-state index in [0.29, 0.717) is 12.5 Å². The van der Waals surface area contributed by atoms with E-state index in [0.717, 1.165) is 25.2 Å². The molecule has 0 aliphatic carbocycles. The van der Waals surface area contributed by atoms with E-state index in [4.69, 9.17) is 0 Å². The van der Waals surface area contributed by atoms with E-state index < -0.39 is 0 Å². The number of rotatable bonds is 7. The smallest absolute Gasteiger partial charge is 0.268 e. The highest BCUT2D eigenvalue weighted by molar-refractivity contribution is 5.38. The second-order valence-electron chi connectivity index (χ2n) is 5.98. The maximum Gasteiger partial charge on any atom is 0.268 e. The minimum absolute atomic E-state index is 0.0137. The second kappa shape index (κ2) is 7.43. The van der Waals surface area contributed by atoms with Crippen LogP contribution in [0.25, 0.3) is 0 Å².